The number of alkyl halides is 6. The minimum absolute atomic E-state index is 0.0800. The molecule has 2 heterocycles. The molecule has 3 N–H and O–H groups in total. The standard InChI is InChI=1S/C20H19F6N3O2/c1-29-7-9(27-18(31)13(8-30)19(21,22)23)5-11-10-3-2-4-14-16(10)12(6-15(11)29)17(28-14)20(24,25)26/h2-5,9,13,15,28,30H,6-8H2,1H3,(H,27,31)/t9?,13?,15-/m1/s1. The van der Waals surface area contributed by atoms with E-state index >= 15 is 0 Å². The highest BCUT2D eigenvalue weighted by molar-refractivity contribution is 5.99. The number of likely N-dealkylation sites (N-methyl/N-ethyl adjacent to an activating group) is 1. The number of aliphatic hydroxyl groups excluding tert-OH is 1. The molecular formula is C20H19F6N3O2. The Kier molecular flexibility index (Phi) is 5.08. The number of aromatic amines is 1. The van der Waals surface area contributed by atoms with Crippen molar-refractivity contribution in [2.45, 2.75) is 30.9 Å². The number of amides is 1. The quantitative estimate of drug-likeness (QED) is 0.634. The summed E-state index contributed by atoms with van der Waals surface area (Å²) >= 11 is 0. The van der Waals surface area contributed by atoms with Crippen molar-refractivity contribution in [1.29, 1.82) is 0 Å². The van der Waals surface area contributed by atoms with Crippen molar-refractivity contribution in [3.8, 4) is 0 Å². The van der Waals surface area contributed by atoms with Gasteiger partial charge >= 0.3 is 12.4 Å². The molecular weight excluding hydrogens is 428 g/mol. The van der Waals surface area contributed by atoms with E-state index in [1.54, 1.807) is 36.2 Å². The van der Waals surface area contributed by atoms with Crippen LogP contribution in [0.25, 0.3) is 16.5 Å². The molecule has 0 saturated heterocycles. The molecule has 3 atom stereocenters. The molecule has 1 amide bonds. The summed E-state index contributed by atoms with van der Waals surface area (Å²) in [4.78, 5) is 16.3. The lowest BCUT2D eigenvalue weighted by atomic mass is 9.80. The number of carbonyl (C=O) groups is 1. The molecule has 2 unspecified atom stereocenters. The first kappa shape index (κ1) is 21.7. The van der Waals surface area contributed by atoms with Gasteiger partial charge < -0.3 is 15.4 Å². The zero-order valence-electron chi connectivity index (χ0n) is 16.2. The number of hydrogen-bond donors (Lipinski definition) is 3. The lowest BCUT2D eigenvalue weighted by Crippen LogP contribution is -2.53. The number of H-pyrrole nitrogens is 1. The summed E-state index contributed by atoms with van der Waals surface area (Å²) in [6, 6.07) is 3.61. The lowest BCUT2D eigenvalue weighted by Gasteiger charge is -2.40. The Morgan fingerprint density at radius 1 is 1.29 bits per heavy atom. The zero-order valence-corrected chi connectivity index (χ0v) is 16.2. The largest absolute Gasteiger partial charge is 0.431 e. The summed E-state index contributed by atoms with van der Waals surface area (Å²) in [5, 5.41) is 11.7. The number of aliphatic hydroxyl groups is 1. The van der Waals surface area contributed by atoms with Crippen LogP contribution in [0.2, 0.25) is 0 Å². The van der Waals surface area contributed by atoms with E-state index in [-0.39, 0.29) is 18.5 Å². The van der Waals surface area contributed by atoms with Crippen LogP contribution in [-0.2, 0) is 17.4 Å². The normalized spacial score (nSPS) is 22.8. The summed E-state index contributed by atoms with van der Waals surface area (Å²) in [6.07, 6.45) is -7.75. The summed E-state index contributed by atoms with van der Waals surface area (Å²) in [7, 11) is 1.65. The van der Waals surface area contributed by atoms with Gasteiger partial charge in [0.15, 0.2) is 5.92 Å². The number of nitrogens with one attached hydrogen (secondary N) is 2. The third-order valence-corrected chi connectivity index (χ3v) is 5.90. The molecule has 1 aromatic heterocycles. The number of fused-ring (bicyclic) bond motifs is 2. The van der Waals surface area contributed by atoms with E-state index in [1.165, 1.54) is 0 Å². The van der Waals surface area contributed by atoms with Crippen molar-refractivity contribution >= 4 is 22.4 Å². The van der Waals surface area contributed by atoms with E-state index in [9.17, 15) is 31.1 Å². The van der Waals surface area contributed by atoms with Gasteiger partial charge in [-0.15, -0.1) is 0 Å². The van der Waals surface area contributed by atoms with E-state index in [2.05, 4.69) is 10.3 Å². The maximum Gasteiger partial charge on any atom is 0.431 e. The second-order valence-electron chi connectivity index (χ2n) is 7.88. The smallest absolute Gasteiger partial charge is 0.395 e. The molecule has 2 aromatic rings. The average molecular weight is 447 g/mol. The molecule has 0 spiro atoms. The highest BCUT2D eigenvalue weighted by atomic mass is 19.4. The second-order valence-corrected chi connectivity index (χ2v) is 7.88. The predicted octanol–water partition coefficient (Wildman–Crippen LogP) is 3.10. The molecule has 31 heavy (non-hydrogen) atoms. The number of rotatable bonds is 3. The van der Waals surface area contributed by atoms with Gasteiger partial charge in [-0.05, 0) is 36.2 Å². The van der Waals surface area contributed by atoms with Gasteiger partial charge in [0.1, 0.15) is 5.69 Å². The lowest BCUT2D eigenvalue weighted by molar-refractivity contribution is -0.189. The van der Waals surface area contributed by atoms with E-state index < -0.39 is 48.6 Å². The molecule has 5 nitrogen and oxygen atoms in total. The van der Waals surface area contributed by atoms with Gasteiger partial charge in [0.25, 0.3) is 0 Å². The minimum atomic E-state index is -4.89. The van der Waals surface area contributed by atoms with Crippen molar-refractivity contribution < 1.29 is 36.2 Å². The number of benzene rings is 1. The van der Waals surface area contributed by atoms with Gasteiger partial charge in [-0.25, -0.2) is 0 Å². The highest BCUT2D eigenvalue weighted by Crippen LogP contribution is 2.45. The molecule has 1 aliphatic heterocycles. The van der Waals surface area contributed by atoms with Crippen LogP contribution in [0.3, 0.4) is 0 Å². The molecule has 2 aliphatic rings. The van der Waals surface area contributed by atoms with Gasteiger partial charge in [-0.2, -0.15) is 26.3 Å². The monoisotopic (exact) mass is 447 g/mol. The molecule has 11 heteroatoms. The van der Waals surface area contributed by atoms with E-state index in [4.69, 9.17) is 5.11 Å². The van der Waals surface area contributed by atoms with E-state index in [0.717, 1.165) is 0 Å². The summed E-state index contributed by atoms with van der Waals surface area (Å²) < 4.78 is 79.5. The summed E-state index contributed by atoms with van der Waals surface area (Å²) in [6.45, 7) is -1.25. The fourth-order valence-electron chi connectivity index (χ4n) is 4.49. The minimum Gasteiger partial charge on any atom is -0.395 e. The van der Waals surface area contributed by atoms with Crippen molar-refractivity contribution in [2.24, 2.45) is 5.92 Å². The van der Waals surface area contributed by atoms with Crippen LogP contribution in [0.5, 0.6) is 0 Å². The topological polar surface area (TPSA) is 68.4 Å². The first-order chi connectivity index (χ1) is 14.4. The van der Waals surface area contributed by atoms with Crippen molar-refractivity contribution in [3.63, 3.8) is 0 Å². The fourth-order valence-corrected chi connectivity index (χ4v) is 4.49. The van der Waals surface area contributed by atoms with Gasteiger partial charge in [0.2, 0.25) is 5.91 Å². The van der Waals surface area contributed by atoms with Crippen LogP contribution in [0.1, 0.15) is 16.8 Å². The molecule has 0 fully saturated rings. The van der Waals surface area contributed by atoms with Gasteiger partial charge in [-0.1, -0.05) is 18.2 Å². The zero-order chi connectivity index (χ0) is 22.7. The van der Waals surface area contributed by atoms with Crippen LogP contribution >= 0.6 is 0 Å². The number of hydrogen-bond acceptors (Lipinski definition) is 3. The number of halogens is 6. The van der Waals surface area contributed by atoms with Crippen LogP contribution in [-0.4, -0.2) is 59.4 Å². The first-order valence-electron chi connectivity index (χ1n) is 9.52. The Bertz CT molecular complexity index is 1060. The Balaban J connectivity index is 1.74. The van der Waals surface area contributed by atoms with Crippen molar-refractivity contribution in [1.82, 2.24) is 15.2 Å². The third kappa shape index (κ3) is 3.69. The average Bonchev–Trinajstić information content (AvgIpc) is 3.02. The Morgan fingerprint density at radius 3 is 2.61 bits per heavy atom. The van der Waals surface area contributed by atoms with Gasteiger partial charge in [0, 0.05) is 23.5 Å². The Hall–Kier alpha value is -2.53. The fraction of sp³-hybridized carbons (Fsp3) is 0.450. The second kappa shape index (κ2) is 7.27. The summed E-state index contributed by atoms with van der Waals surface area (Å²) in [5.41, 5.74) is 0.888. The molecule has 1 aliphatic carbocycles. The first-order valence-corrected chi connectivity index (χ1v) is 9.52. The van der Waals surface area contributed by atoms with Crippen LogP contribution in [0.4, 0.5) is 26.3 Å². The van der Waals surface area contributed by atoms with Crippen molar-refractivity contribution in [2.75, 3.05) is 20.2 Å². The van der Waals surface area contributed by atoms with Crippen LogP contribution in [0.15, 0.2) is 24.3 Å². The number of nitrogens with zero attached hydrogens (tertiary/aromatic N) is 1. The van der Waals surface area contributed by atoms with E-state index in [1.807, 2.05) is 0 Å². The molecule has 168 valence electrons. The third-order valence-electron chi connectivity index (χ3n) is 5.90. The molecule has 0 bridgehead atoms. The SMILES string of the molecule is CN1CC(NC(=O)C(CO)C(F)(F)F)C=C2c3cccc4[nH]c(C(F)(F)F)c(c34)C[C@H]21. The van der Waals surface area contributed by atoms with Crippen molar-refractivity contribution in [3.05, 3.63) is 41.1 Å². The van der Waals surface area contributed by atoms with Crippen LogP contribution < -0.4 is 5.32 Å². The molecule has 4 rings (SSSR count). The Morgan fingerprint density at radius 2 is 2.00 bits per heavy atom. The van der Waals surface area contributed by atoms with E-state index in [0.29, 0.717) is 22.0 Å². The maximum atomic E-state index is 13.5. The molecule has 0 radical (unpaired) electrons. The predicted molar refractivity (Wildman–Crippen MR) is 100.0 cm³/mol. The number of carbonyl (C=O) groups excluding carboxylic acids is 1. The van der Waals surface area contributed by atoms with Gasteiger partial charge in [-0.3, -0.25) is 9.69 Å². The maximum absolute atomic E-state index is 13.5. The molecule has 0 saturated carbocycles. The van der Waals surface area contributed by atoms with Gasteiger partial charge in [0.05, 0.1) is 12.6 Å². The van der Waals surface area contributed by atoms with Crippen LogP contribution in [0, 0.1) is 5.92 Å². The highest BCUT2D eigenvalue weighted by Gasteiger charge is 2.46. The Labute approximate surface area is 172 Å². The molecule has 1 aromatic carbocycles. The number of aromatic nitrogens is 1. The summed E-state index contributed by atoms with van der Waals surface area (Å²) in [5.74, 6) is -3.89.